The molecular weight excluding hydrogens is 383 g/mol. The van der Waals surface area contributed by atoms with Crippen molar-refractivity contribution in [2.24, 2.45) is 17.6 Å². The number of imide groups is 1. The lowest BCUT2D eigenvalue weighted by Crippen LogP contribution is -2.38. The Bertz CT molecular complexity index is 1020. The Labute approximate surface area is 174 Å². The number of fused-ring (bicyclic) bond motifs is 3. The lowest BCUT2D eigenvalue weighted by molar-refractivity contribution is -0.142. The molecular formula is C23H23FN4O2. The highest BCUT2D eigenvalue weighted by atomic mass is 19.1. The lowest BCUT2D eigenvalue weighted by atomic mass is 9.85. The van der Waals surface area contributed by atoms with Gasteiger partial charge in [0.2, 0.25) is 11.8 Å². The van der Waals surface area contributed by atoms with E-state index in [1.165, 1.54) is 17.0 Å². The molecule has 0 aromatic heterocycles. The third-order valence-corrected chi connectivity index (χ3v) is 6.76. The van der Waals surface area contributed by atoms with Gasteiger partial charge in [-0.3, -0.25) is 24.8 Å². The molecule has 0 saturated carbocycles. The summed E-state index contributed by atoms with van der Waals surface area (Å²) in [4.78, 5) is 30.4. The zero-order valence-corrected chi connectivity index (χ0v) is 16.4. The third-order valence-electron chi connectivity index (χ3n) is 6.76. The SMILES string of the molecule is N=C(N)c1ccc([C@H]2C3C(=O)N(Cc4ccc(F)cc4)C(=O)C3C3CCCN32)cc1. The van der Waals surface area contributed by atoms with E-state index in [1.54, 1.807) is 24.3 Å². The van der Waals surface area contributed by atoms with Gasteiger partial charge in [-0.2, -0.15) is 0 Å². The Morgan fingerprint density at radius 3 is 2.37 bits per heavy atom. The van der Waals surface area contributed by atoms with Crippen LogP contribution in [0.4, 0.5) is 4.39 Å². The Balaban J connectivity index is 1.48. The number of amidine groups is 1. The summed E-state index contributed by atoms with van der Waals surface area (Å²) in [5.41, 5.74) is 7.93. The molecule has 3 aliphatic rings. The van der Waals surface area contributed by atoms with Gasteiger partial charge in [-0.05, 0) is 42.6 Å². The first-order chi connectivity index (χ1) is 14.5. The minimum Gasteiger partial charge on any atom is -0.384 e. The van der Waals surface area contributed by atoms with E-state index in [0.29, 0.717) is 5.56 Å². The van der Waals surface area contributed by atoms with Crippen molar-refractivity contribution >= 4 is 17.6 Å². The van der Waals surface area contributed by atoms with E-state index in [9.17, 15) is 14.0 Å². The number of likely N-dealkylation sites (tertiary alicyclic amines) is 1. The smallest absolute Gasteiger partial charge is 0.235 e. The monoisotopic (exact) mass is 406 g/mol. The first kappa shape index (κ1) is 18.9. The number of nitrogens with two attached hydrogens (primary N) is 1. The van der Waals surface area contributed by atoms with E-state index in [-0.39, 0.29) is 48.0 Å². The van der Waals surface area contributed by atoms with Gasteiger partial charge in [-0.1, -0.05) is 36.4 Å². The molecule has 3 saturated heterocycles. The Hall–Kier alpha value is -3.06. The predicted molar refractivity (Wildman–Crippen MR) is 109 cm³/mol. The molecule has 4 atom stereocenters. The molecule has 5 rings (SSSR count). The number of amides is 2. The number of nitrogen functional groups attached to an aromatic ring is 1. The molecule has 3 unspecified atom stereocenters. The minimum absolute atomic E-state index is 0.00231. The van der Waals surface area contributed by atoms with Gasteiger partial charge in [-0.25, -0.2) is 4.39 Å². The minimum atomic E-state index is -0.411. The molecule has 2 aromatic carbocycles. The fraction of sp³-hybridized carbons (Fsp3) is 0.348. The summed E-state index contributed by atoms with van der Waals surface area (Å²) >= 11 is 0. The average Bonchev–Trinajstić information content (AvgIpc) is 3.38. The molecule has 2 amide bonds. The van der Waals surface area contributed by atoms with Crippen molar-refractivity contribution in [3.05, 3.63) is 71.0 Å². The highest BCUT2D eigenvalue weighted by Crippen LogP contribution is 2.53. The molecule has 6 nitrogen and oxygen atoms in total. The summed E-state index contributed by atoms with van der Waals surface area (Å²) < 4.78 is 13.2. The number of benzene rings is 2. The highest BCUT2D eigenvalue weighted by Gasteiger charge is 2.62. The van der Waals surface area contributed by atoms with E-state index >= 15 is 0 Å². The maximum atomic E-state index is 13.4. The molecule has 7 heteroatoms. The van der Waals surface area contributed by atoms with Gasteiger partial charge in [0, 0.05) is 17.6 Å². The second-order valence-electron chi connectivity index (χ2n) is 8.37. The molecule has 0 aliphatic carbocycles. The van der Waals surface area contributed by atoms with Gasteiger partial charge in [0.15, 0.2) is 0 Å². The van der Waals surface area contributed by atoms with Gasteiger partial charge in [0.25, 0.3) is 0 Å². The fourth-order valence-electron chi connectivity index (χ4n) is 5.45. The van der Waals surface area contributed by atoms with Crippen molar-refractivity contribution in [3.63, 3.8) is 0 Å². The molecule has 3 aliphatic heterocycles. The number of nitrogens with one attached hydrogen (secondary N) is 1. The van der Waals surface area contributed by atoms with Crippen molar-refractivity contribution < 1.29 is 14.0 Å². The first-order valence-corrected chi connectivity index (χ1v) is 10.3. The van der Waals surface area contributed by atoms with E-state index in [1.807, 2.05) is 12.1 Å². The summed E-state index contributed by atoms with van der Waals surface area (Å²) in [5.74, 6) is -1.35. The number of rotatable bonds is 4. The van der Waals surface area contributed by atoms with Crippen LogP contribution < -0.4 is 5.73 Å². The van der Waals surface area contributed by atoms with Crippen LogP contribution in [0, 0.1) is 23.1 Å². The van der Waals surface area contributed by atoms with E-state index < -0.39 is 5.92 Å². The summed E-state index contributed by atoms with van der Waals surface area (Å²) in [6, 6.07) is 13.3. The van der Waals surface area contributed by atoms with Gasteiger partial charge in [0.1, 0.15) is 11.7 Å². The average molecular weight is 406 g/mol. The molecule has 3 fully saturated rings. The molecule has 2 aromatic rings. The van der Waals surface area contributed by atoms with Crippen LogP contribution in [-0.4, -0.2) is 40.0 Å². The molecule has 3 N–H and O–H groups in total. The van der Waals surface area contributed by atoms with Crippen LogP contribution in [0.1, 0.15) is 35.6 Å². The maximum Gasteiger partial charge on any atom is 0.235 e. The molecule has 30 heavy (non-hydrogen) atoms. The number of halogens is 1. The van der Waals surface area contributed by atoms with E-state index in [0.717, 1.165) is 30.5 Å². The maximum absolute atomic E-state index is 13.4. The van der Waals surface area contributed by atoms with Gasteiger partial charge >= 0.3 is 0 Å². The van der Waals surface area contributed by atoms with Crippen molar-refractivity contribution in [2.75, 3.05) is 6.54 Å². The van der Waals surface area contributed by atoms with E-state index in [4.69, 9.17) is 11.1 Å². The second kappa shape index (κ2) is 7.02. The van der Waals surface area contributed by atoms with Gasteiger partial charge in [-0.15, -0.1) is 0 Å². The highest BCUT2D eigenvalue weighted by molar-refractivity contribution is 6.06. The van der Waals surface area contributed by atoms with Crippen LogP contribution >= 0.6 is 0 Å². The van der Waals surface area contributed by atoms with Crippen LogP contribution in [-0.2, 0) is 16.1 Å². The van der Waals surface area contributed by atoms with Gasteiger partial charge in [0.05, 0.1) is 18.4 Å². The third kappa shape index (κ3) is 2.84. The largest absolute Gasteiger partial charge is 0.384 e. The molecule has 3 heterocycles. The normalized spacial score (nSPS) is 28.1. The summed E-state index contributed by atoms with van der Waals surface area (Å²) in [6.45, 7) is 1.04. The number of hydrogen-bond donors (Lipinski definition) is 2. The number of carbonyl (C=O) groups excluding carboxylic acids is 2. The topological polar surface area (TPSA) is 90.5 Å². The van der Waals surface area contributed by atoms with Crippen LogP contribution in [0.25, 0.3) is 0 Å². The lowest BCUT2D eigenvalue weighted by Gasteiger charge is -2.29. The van der Waals surface area contributed by atoms with Crippen molar-refractivity contribution in [2.45, 2.75) is 31.5 Å². The standard InChI is InChI=1S/C23H23FN4O2/c24-16-9-3-13(4-10-16)12-28-22(29)18-17-2-1-11-27(17)20(19(18)23(28)30)14-5-7-15(8-6-14)21(25)26/h3-10,17-20H,1-2,11-12H2,(H3,25,26)/t17?,18?,19?,20-/m0/s1. The van der Waals surface area contributed by atoms with Crippen LogP contribution in [0.15, 0.2) is 48.5 Å². The van der Waals surface area contributed by atoms with Crippen molar-refractivity contribution in [1.29, 1.82) is 5.41 Å². The number of nitrogens with zero attached hydrogens (tertiary/aromatic N) is 2. The van der Waals surface area contributed by atoms with Gasteiger partial charge < -0.3 is 5.73 Å². The summed E-state index contributed by atoms with van der Waals surface area (Å²) in [7, 11) is 0. The number of carbonyl (C=O) groups is 2. The molecule has 154 valence electrons. The second-order valence-corrected chi connectivity index (χ2v) is 8.37. The summed E-state index contributed by atoms with van der Waals surface area (Å²) in [5, 5.41) is 7.59. The summed E-state index contributed by atoms with van der Waals surface area (Å²) in [6.07, 6.45) is 1.92. The fourth-order valence-corrected chi connectivity index (χ4v) is 5.45. The Kier molecular flexibility index (Phi) is 4.43. The zero-order valence-electron chi connectivity index (χ0n) is 16.4. The predicted octanol–water partition coefficient (Wildman–Crippen LogP) is 2.43. The Morgan fingerprint density at radius 2 is 1.70 bits per heavy atom. The quantitative estimate of drug-likeness (QED) is 0.464. The van der Waals surface area contributed by atoms with Crippen LogP contribution in [0.5, 0.6) is 0 Å². The van der Waals surface area contributed by atoms with E-state index in [2.05, 4.69) is 4.90 Å². The first-order valence-electron chi connectivity index (χ1n) is 10.3. The Morgan fingerprint density at radius 1 is 1.03 bits per heavy atom. The molecule has 0 spiro atoms. The van der Waals surface area contributed by atoms with Crippen molar-refractivity contribution in [1.82, 2.24) is 9.80 Å². The molecule has 0 bridgehead atoms. The van der Waals surface area contributed by atoms with Crippen molar-refractivity contribution in [3.8, 4) is 0 Å². The number of hydrogen-bond acceptors (Lipinski definition) is 4. The zero-order chi connectivity index (χ0) is 21.0. The molecule has 0 radical (unpaired) electrons. The van der Waals surface area contributed by atoms with Crippen LogP contribution in [0.3, 0.4) is 0 Å². The van der Waals surface area contributed by atoms with Crippen LogP contribution in [0.2, 0.25) is 0 Å².